The van der Waals surface area contributed by atoms with Gasteiger partial charge in [-0.1, -0.05) is 6.42 Å². The molecular formula is C16H28N3O2+. The van der Waals surface area contributed by atoms with Crippen LogP contribution in [0, 0.1) is 5.41 Å². The molecule has 1 aliphatic heterocycles. The molecule has 21 heavy (non-hydrogen) atoms. The van der Waals surface area contributed by atoms with E-state index >= 15 is 0 Å². The van der Waals surface area contributed by atoms with Crippen LogP contribution in [0.3, 0.4) is 0 Å². The van der Waals surface area contributed by atoms with Crippen LogP contribution < -0.4 is 0 Å². The summed E-state index contributed by atoms with van der Waals surface area (Å²) in [5.41, 5.74) is 1.57. The molecule has 0 aromatic heterocycles. The molecule has 1 aliphatic carbocycles. The molecule has 5 heteroatoms. The van der Waals surface area contributed by atoms with Crippen molar-refractivity contribution in [2.24, 2.45) is 0 Å². The number of hydrogen-bond donors (Lipinski definition) is 1. The van der Waals surface area contributed by atoms with Crippen molar-refractivity contribution >= 4 is 17.5 Å². The maximum absolute atomic E-state index is 12.1. The molecule has 1 N–H and O–H groups in total. The van der Waals surface area contributed by atoms with Gasteiger partial charge in [0.1, 0.15) is 5.60 Å². The topological polar surface area (TPSA) is 56.4 Å². The standard InChI is InChI=1S/C16H28N3O2/c1-16(2,3)21-15(20)19-11-9-18(10-12-19)14-8-6-4-5-7-13(14)17/h17H,4-12H2,1-3H3/q+1. The molecule has 1 saturated heterocycles. The fraction of sp³-hybridized carbons (Fsp3) is 0.812. The minimum absolute atomic E-state index is 0.219. The monoisotopic (exact) mass is 294 g/mol. The molecule has 1 saturated carbocycles. The van der Waals surface area contributed by atoms with Crippen LogP contribution in [0.1, 0.15) is 52.9 Å². The number of ether oxygens (including phenoxy) is 1. The first-order valence-corrected chi connectivity index (χ1v) is 8.03. The summed E-state index contributed by atoms with van der Waals surface area (Å²) < 4.78 is 7.72. The number of rotatable bonds is 0. The maximum Gasteiger partial charge on any atom is 0.410 e. The molecular weight excluding hydrogens is 266 g/mol. The second-order valence-corrected chi connectivity index (χ2v) is 6.94. The van der Waals surface area contributed by atoms with Crippen molar-refractivity contribution in [3.05, 3.63) is 0 Å². The Balaban J connectivity index is 1.96. The highest BCUT2D eigenvalue weighted by molar-refractivity contribution is 6.39. The molecule has 0 radical (unpaired) electrons. The summed E-state index contributed by atoms with van der Waals surface area (Å²) >= 11 is 0. The largest absolute Gasteiger partial charge is 0.444 e. The van der Waals surface area contributed by atoms with E-state index in [9.17, 15) is 4.79 Å². The van der Waals surface area contributed by atoms with E-state index in [2.05, 4.69) is 4.58 Å². The molecule has 0 unspecified atom stereocenters. The number of nitrogens with one attached hydrogen (secondary N) is 1. The Morgan fingerprint density at radius 1 is 1.14 bits per heavy atom. The summed E-state index contributed by atoms with van der Waals surface area (Å²) in [5, 5.41) is 8.19. The third-order valence-corrected chi connectivity index (χ3v) is 4.00. The Kier molecular flexibility index (Phi) is 5.01. The zero-order valence-corrected chi connectivity index (χ0v) is 13.6. The van der Waals surface area contributed by atoms with Crippen LogP contribution >= 0.6 is 0 Å². The second kappa shape index (κ2) is 6.58. The third-order valence-electron chi connectivity index (χ3n) is 4.00. The number of amides is 1. The summed E-state index contributed by atoms with van der Waals surface area (Å²) in [6.45, 7) is 8.68. The lowest BCUT2D eigenvalue weighted by Crippen LogP contribution is -2.49. The maximum atomic E-state index is 12.1. The molecule has 0 aromatic carbocycles. The summed E-state index contributed by atoms with van der Waals surface area (Å²) in [7, 11) is 0. The first kappa shape index (κ1) is 16.0. The molecule has 5 nitrogen and oxygen atoms in total. The third kappa shape index (κ3) is 4.55. The van der Waals surface area contributed by atoms with Crippen LogP contribution in [-0.4, -0.2) is 58.8 Å². The van der Waals surface area contributed by atoms with Crippen LogP contribution in [0.15, 0.2) is 0 Å². The predicted octanol–water partition coefficient (Wildman–Crippen LogP) is 2.67. The molecule has 2 aliphatic rings. The summed E-state index contributed by atoms with van der Waals surface area (Å²) in [6, 6.07) is 0. The van der Waals surface area contributed by atoms with E-state index in [0.717, 1.165) is 38.1 Å². The Bertz CT molecular complexity index is 439. The number of hydrogen-bond acceptors (Lipinski definition) is 3. The Morgan fingerprint density at radius 3 is 2.38 bits per heavy atom. The molecule has 0 bridgehead atoms. The SMILES string of the molecule is CC(C)(C)OC(=O)N1CC[N+](=C2CCCCCC2=N)CC1. The second-order valence-electron chi connectivity index (χ2n) is 6.94. The van der Waals surface area contributed by atoms with Crippen molar-refractivity contribution in [1.29, 1.82) is 5.41 Å². The lowest BCUT2D eigenvalue weighted by Gasteiger charge is -2.29. The highest BCUT2D eigenvalue weighted by Crippen LogP contribution is 2.15. The minimum atomic E-state index is -0.438. The quantitative estimate of drug-likeness (QED) is 0.551. The predicted molar refractivity (Wildman–Crippen MR) is 83.6 cm³/mol. The molecule has 1 amide bonds. The Hall–Kier alpha value is -1.39. The molecule has 0 aromatic rings. The van der Waals surface area contributed by atoms with Crippen LogP contribution in [0.25, 0.3) is 0 Å². The lowest BCUT2D eigenvalue weighted by molar-refractivity contribution is -0.537. The Morgan fingerprint density at radius 2 is 1.76 bits per heavy atom. The summed E-state index contributed by atoms with van der Waals surface area (Å²) in [5.74, 6) is 0. The van der Waals surface area contributed by atoms with Crippen molar-refractivity contribution in [2.45, 2.75) is 58.5 Å². The average molecular weight is 294 g/mol. The van der Waals surface area contributed by atoms with Crippen LogP contribution in [-0.2, 0) is 4.74 Å². The van der Waals surface area contributed by atoms with Crippen LogP contribution in [0.5, 0.6) is 0 Å². The fourth-order valence-corrected chi connectivity index (χ4v) is 2.90. The number of carbonyl (C=O) groups is 1. The summed E-state index contributed by atoms with van der Waals surface area (Å²) in [6.07, 6.45) is 5.25. The van der Waals surface area contributed by atoms with Crippen LogP contribution in [0.2, 0.25) is 0 Å². The normalized spacial score (nSPS) is 21.3. The first-order valence-electron chi connectivity index (χ1n) is 8.03. The summed E-state index contributed by atoms with van der Waals surface area (Å²) in [4.78, 5) is 13.8. The highest BCUT2D eigenvalue weighted by atomic mass is 16.6. The van der Waals surface area contributed by atoms with Gasteiger partial charge in [-0.15, -0.1) is 0 Å². The van der Waals surface area contributed by atoms with Crippen molar-refractivity contribution in [3.63, 3.8) is 0 Å². The van der Waals surface area contributed by atoms with Gasteiger partial charge in [0.2, 0.25) is 0 Å². The molecule has 2 fully saturated rings. The molecule has 1 heterocycles. The molecule has 118 valence electrons. The van der Waals surface area contributed by atoms with Gasteiger partial charge in [-0.3, -0.25) is 10.3 Å². The van der Waals surface area contributed by atoms with Crippen molar-refractivity contribution < 1.29 is 14.1 Å². The van der Waals surface area contributed by atoms with Gasteiger partial charge >= 0.3 is 6.09 Å². The van der Waals surface area contributed by atoms with E-state index in [1.54, 1.807) is 4.90 Å². The number of nitrogens with zero attached hydrogens (tertiary/aromatic N) is 2. The van der Waals surface area contributed by atoms with Crippen molar-refractivity contribution in [3.8, 4) is 0 Å². The fourth-order valence-electron chi connectivity index (χ4n) is 2.90. The van der Waals surface area contributed by atoms with Crippen molar-refractivity contribution in [1.82, 2.24) is 4.90 Å². The van der Waals surface area contributed by atoms with Crippen molar-refractivity contribution in [2.75, 3.05) is 26.2 Å². The first-order chi connectivity index (χ1) is 9.87. The van der Waals surface area contributed by atoms with E-state index in [-0.39, 0.29) is 6.09 Å². The van der Waals surface area contributed by atoms with Gasteiger partial charge in [0.05, 0.1) is 18.8 Å². The van der Waals surface area contributed by atoms with Crippen LogP contribution in [0.4, 0.5) is 4.79 Å². The van der Waals surface area contributed by atoms with E-state index in [1.807, 2.05) is 20.8 Å². The minimum Gasteiger partial charge on any atom is -0.444 e. The molecule has 2 rings (SSSR count). The highest BCUT2D eigenvalue weighted by Gasteiger charge is 2.30. The Labute approximate surface area is 127 Å². The van der Waals surface area contributed by atoms with Gasteiger partial charge in [-0.2, -0.15) is 0 Å². The van der Waals surface area contributed by atoms with E-state index in [0.29, 0.717) is 13.1 Å². The number of carbonyl (C=O) groups excluding carboxylic acids is 1. The molecule has 0 atom stereocenters. The van der Waals surface area contributed by atoms with E-state index < -0.39 is 5.60 Å². The smallest absolute Gasteiger partial charge is 0.410 e. The van der Waals surface area contributed by atoms with Gasteiger partial charge in [0.25, 0.3) is 0 Å². The van der Waals surface area contributed by atoms with Gasteiger partial charge in [-0.05, 0) is 40.0 Å². The molecule has 0 spiro atoms. The zero-order chi connectivity index (χ0) is 15.5. The zero-order valence-electron chi connectivity index (χ0n) is 13.6. The lowest BCUT2D eigenvalue weighted by atomic mass is 10.1. The van der Waals surface area contributed by atoms with E-state index in [1.165, 1.54) is 18.6 Å². The van der Waals surface area contributed by atoms with Gasteiger partial charge in [0, 0.05) is 6.42 Å². The van der Waals surface area contributed by atoms with Gasteiger partial charge in [-0.25, -0.2) is 9.37 Å². The van der Waals surface area contributed by atoms with E-state index in [4.69, 9.17) is 10.1 Å². The number of piperazine rings is 1. The van der Waals surface area contributed by atoms with Gasteiger partial charge < -0.3 is 4.74 Å². The average Bonchev–Trinajstić information content (AvgIpc) is 2.62. The van der Waals surface area contributed by atoms with Gasteiger partial charge in [0.15, 0.2) is 18.8 Å².